The van der Waals surface area contributed by atoms with Crippen LogP contribution in [0.4, 0.5) is 11.4 Å². The van der Waals surface area contributed by atoms with Crippen molar-refractivity contribution in [2.45, 2.75) is 19.9 Å². The van der Waals surface area contributed by atoms with Gasteiger partial charge in [-0.25, -0.2) is 4.63 Å². The van der Waals surface area contributed by atoms with Crippen LogP contribution in [0.2, 0.25) is 0 Å². The molecule has 2 heterocycles. The van der Waals surface area contributed by atoms with Gasteiger partial charge in [-0.2, -0.15) is 0 Å². The van der Waals surface area contributed by atoms with Gasteiger partial charge >= 0.3 is 0 Å². The highest BCUT2D eigenvalue weighted by atomic mass is 16.6. The van der Waals surface area contributed by atoms with Crippen molar-refractivity contribution in [3.05, 3.63) is 35.2 Å². The lowest BCUT2D eigenvalue weighted by Crippen LogP contribution is -2.26. The van der Waals surface area contributed by atoms with Gasteiger partial charge in [0.15, 0.2) is 0 Å². The molecule has 1 aliphatic rings. The number of benzene rings is 1. The third-order valence-corrected chi connectivity index (χ3v) is 3.09. The summed E-state index contributed by atoms with van der Waals surface area (Å²) < 4.78 is 4.64. The van der Waals surface area contributed by atoms with Crippen molar-refractivity contribution in [3.63, 3.8) is 0 Å². The van der Waals surface area contributed by atoms with E-state index in [9.17, 15) is 4.79 Å². The van der Waals surface area contributed by atoms with Crippen LogP contribution in [-0.4, -0.2) is 16.2 Å². The number of amides is 1. The molecule has 1 aromatic heterocycles. The number of rotatable bonds is 2. The zero-order chi connectivity index (χ0) is 12.7. The van der Waals surface area contributed by atoms with Crippen LogP contribution in [0.5, 0.6) is 0 Å². The maximum Gasteiger partial charge on any atom is 0.231 e. The number of aromatic nitrogens is 2. The van der Waals surface area contributed by atoms with Crippen LogP contribution in [0.25, 0.3) is 0 Å². The quantitative estimate of drug-likeness (QED) is 0.798. The zero-order valence-electron chi connectivity index (χ0n) is 9.88. The van der Waals surface area contributed by atoms with Gasteiger partial charge in [-0.3, -0.25) is 4.79 Å². The normalized spacial score (nSPS) is 14.1. The molecular formula is C12H12N4O2. The lowest BCUT2D eigenvalue weighted by molar-refractivity contribution is -0.117. The molecule has 0 bridgehead atoms. The first-order valence-corrected chi connectivity index (χ1v) is 5.62. The average molecular weight is 244 g/mol. The predicted molar refractivity (Wildman–Crippen MR) is 64.8 cm³/mol. The van der Waals surface area contributed by atoms with Crippen LogP contribution in [0.1, 0.15) is 17.0 Å². The van der Waals surface area contributed by atoms with E-state index in [1.54, 1.807) is 17.9 Å². The Balaban J connectivity index is 1.95. The molecule has 1 aromatic carbocycles. The summed E-state index contributed by atoms with van der Waals surface area (Å²) in [6.07, 6.45) is 0.380. The molecule has 0 unspecified atom stereocenters. The Bertz CT molecular complexity index is 620. The van der Waals surface area contributed by atoms with E-state index in [-0.39, 0.29) is 5.91 Å². The average Bonchev–Trinajstić information content (AvgIpc) is 2.85. The molecule has 6 nitrogen and oxygen atoms in total. The molecule has 6 heteroatoms. The Labute approximate surface area is 103 Å². The van der Waals surface area contributed by atoms with E-state index in [0.29, 0.717) is 30.0 Å². The molecule has 0 radical (unpaired) electrons. The van der Waals surface area contributed by atoms with Crippen molar-refractivity contribution in [3.8, 4) is 0 Å². The number of anilines is 2. The van der Waals surface area contributed by atoms with E-state index in [0.717, 1.165) is 11.3 Å². The van der Waals surface area contributed by atoms with E-state index >= 15 is 0 Å². The third kappa shape index (κ3) is 1.62. The molecular weight excluding hydrogens is 232 g/mol. The highest BCUT2D eigenvalue weighted by molar-refractivity contribution is 6.01. The van der Waals surface area contributed by atoms with Gasteiger partial charge in [0.1, 0.15) is 11.4 Å². The van der Waals surface area contributed by atoms with Gasteiger partial charge in [-0.15, -0.1) is 0 Å². The Morgan fingerprint density at radius 1 is 1.44 bits per heavy atom. The fourth-order valence-electron chi connectivity index (χ4n) is 2.12. The summed E-state index contributed by atoms with van der Waals surface area (Å²) in [4.78, 5) is 13.7. The molecule has 0 saturated heterocycles. The number of carbonyl (C=O) groups excluding carboxylic acids is 1. The summed E-state index contributed by atoms with van der Waals surface area (Å²) >= 11 is 0. The van der Waals surface area contributed by atoms with Crippen LogP contribution in [0.3, 0.4) is 0 Å². The van der Waals surface area contributed by atoms with Crippen molar-refractivity contribution in [1.82, 2.24) is 10.3 Å². The van der Waals surface area contributed by atoms with Crippen LogP contribution >= 0.6 is 0 Å². The molecule has 2 aromatic rings. The molecule has 3 rings (SSSR count). The van der Waals surface area contributed by atoms with Crippen molar-refractivity contribution in [2.75, 3.05) is 10.6 Å². The number of nitrogens with zero attached hydrogens (tertiary/aromatic N) is 3. The number of fused-ring (bicyclic) bond motifs is 1. The van der Waals surface area contributed by atoms with E-state index < -0.39 is 0 Å². The first-order valence-electron chi connectivity index (χ1n) is 5.62. The zero-order valence-corrected chi connectivity index (χ0v) is 9.88. The first-order chi connectivity index (χ1) is 8.65. The number of hydrogen-bond donors (Lipinski definition) is 1. The second-order valence-electron chi connectivity index (χ2n) is 4.34. The van der Waals surface area contributed by atoms with Crippen LogP contribution in [0.15, 0.2) is 22.8 Å². The van der Waals surface area contributed by atoms with Gasteiger partial charge in [-0.1, -0.05) is 10.3 Å². The first kappa shape index (κ1) is 10.8. The number of nitrogen functional groups attached to an aromatic ring is 1. The fourth-order valence-corrected chi connectivity index (χ4v) is 2.12. The summed E-state index contributed by atoms with van der Waals surface area (Å²) in [5.74, 6) is 0.0398. The van der Waals surface area contributed by atoms with Gasteiger partial charge < -0.3 is 10.6 Å². The molecule has 1 aliphatic heterocycles. The van der Waals surface area contributed by atoms with Crippen molar-refractivity contribution in [2.24, 2.45) is 0 Å². The Kier molecular flexibility index (Phi) is 2.29. The monoisotopic (exact) mass is 244 g/mol. The van der Waals surface area contributed by atoms with Crippen molar-refractivity contribution < 1.29 is 9.42 Å². The maximum atomic E-state index is 12.0. The Morgan fingerprint density at radius 2 is 2.28 bits per heavy atom. The van der Waals surface area contributed by atoms with Crippen molar-refractivity contribution in [1.29, 1.82) is 0 Å². The van der Waals surface area contributed by atoms with Gasteiger partial charge in [0.2, 0.25) is 5.91 Å². The number of hydrogen-bond acceptors (Lipinski definition) is 5. The minimum Gasteiger partial charge on any atom is -0.399 e. The second kappa shape index (κ2) is 3.83. The molecule has 92 valence electrons. The summed E-state index contributed by atoms with van der Waals surface area (Å²) in [5.41, 5.74) is 9.60. The topological polar surface area (TPSA) is 85.2 Å². The summed E-state index contributed by atoms with van der Waals surface area (Å²) in [6.45, 7) is 2.18. The summed E-state index contributed by atoms with van der Waals surface area (Å²) in [6, 6.07) is 5.48. The SMILES string of the molecule is Cc1nonc1CN1C(=O)Cc2cc(N)ccc21. The maximum absolute atomic E-state index is 12.0. The summed E-state index contributed by atoms with van der Waals surface area (Å²) in [5, 5.41) is 7.51. The number of aryl methyl sites for hydroxylation is 1. The molecule has 18 heavy (non-hydrogen) atoms. The molecule has 0 aliphatic carbocycles. The minimum atomic E-state index is 0.0398. The molecule has 0 atom stereocenters. The largest absolute Gasteiger partial charge is 0.399 e. The van der Waals surface area contributed by atoms with Gasteiger partial charge in [0.25, 0.3) is 0 Å². The lowest BCUT2D eigenvalue weighted by atomic mass is 10.1. The van der Waals surface area contributed by atoms with Gasteiger partial charge in [-0.05, 0) is 30.7 Å². The Hall–Kier alpha value is -2.37. The van der Waals surface area contributed by atoms with Gasteiger partial charge in [0.05, 0.1) is 13.0 Å². The highest BCUT2D eigenvalue weighted by Crippen LogP contribution is 2.31. The molecule has 0 saturated carbocycles. The van der Waals surface area contributed by atoms with E-state index in [1.165, 1.54) is 0 Å². The van der Waals surface area contributed by atoms with E-state index in [2.05, 4.69) is 14.9 Å². The Morgan fingerprint density at radius 3 is 3.00 bits per heavy atom. The predicted octanol–water partition coefficient (Wildman–Crippen LogP) is 1.05. The van der Waals surface area contributed by atoms with E-state index in [4.69, 9.17) is 5.73 Å². The minimum absolute atomic E-state index is 0.0398. The van der Waals surface area contributed by atoms with Crippen molar-refractivity contribution >= 4 is 17.3 Å². The fraction of sp³-hybridized carbons (Fsp3) is 0.250. The third-order valence-electron chi connectivity index (χ3n) is 3.09. The molecule has 0 spiro atoms. The smallest absolute Gasteiger partial charge is 0.231 e. The number of nitrogens with two attached hydrogens (primary N) is 1. The van der Waals surface area contributed by atoms with E-state index in [1.807, 2.05) is 12.1 Å². The second-order valence-corrected chi connectivity index (χ2v) is 4.34. The molecule has 0 fully saturated rings. The highest BCUT2D eigenvalue weighted by Gasteiger charge is 2.28. The summed E-state index contributed by atoms with van der Waals surface area (Å²) in [7, 11) is 0. The number of carbonyl (C=O) groups is 1. The molecule has 1 amide bonds. The van der Waals surface area contributed by atoms with Gasteiger partial charge in [0, 0.05) is 11.4 Å². The standard InChI is InChI=1S/C12H12N4O2/c1-7-10(15-18-14-7)6-16-11-3-2-9(13)4-8(11)5-12(16)17/h2-4H,5-6,13H2,1H3. The van der Waals surface area contributed by atoms with Crippen LogP contribution in [0, 0.1) is 6.92 Å². The molecule has 2 N–H and O–H groups in total. The lowest BCUT2D eigenvalue weighted by Gasteiger charge is -2.15. The van der Waals surface area contributed by atoms with Crippen LogP contribution < -0.4 is 10.6 Å². The van der Waals surface area contributed by atoms with Crippen LogP contribution in [-0.2, 0) is 17.8 Å².